The van der Waals surface area contributed by atoms with E-state index in [0.717, 1.165) is 27.3 Å². The summed E-state index contributed by atoms with van der Waals surface area (Å²) in [6, 6.07) is 15.4. The van der Waals surface area contributed by atoms with Crippen LogP contribution >= 0.6 is 23.2 Å². The summed E-state index contributed by atoms with van der Waals surface area (Å²) in [5, 5.41) is 3.40. The average Bonchev–Trinajstić information content (AvgIpc) is 2.75. The molecule has 3 aromatic rings. The topological polar surface area (TPSA) is 75.7 Å². The predicted octanol–water partition coefficient (Wildman–Crippen LogP) is 5.84. The smallest absolute Gasteiger partial charge is 0.255 e. The lowest BCUT2D eigenvalue weighted by atomic mass is 10.1. The SMILES string of the molecule is Cc1ccc(C)c(COc2cc(NC(=O)c3ccc(Cl)c(Cl)c3)ccc2N(C)S(C)(=O)=O)c1. The van der Waals surface area contributed by atoms with Crippen LogP contribution in [0.1, 0.15) is 27.0 Å². The summed E-state index contributed by atoms with van der Waals surface area (Å²) in [4.78, 5) is 12.7. The average molecular weight is 507 g/mol. The number of carbonyl (C=O) groups is 1. The van der Waals surface area contributed by atoms with E-state index in [1.54, 1.807) is 30.3 Å². The van der Waals surface area contributed by atoms with Crippen LogP contribution in [0.15, 0.2) is 54.6 Å². The predicted molar refractivity (Wildman–Crippen MR) is 134 cm³/mol. The molecule has 0 aliphatic heterocycles. The van der Waals surface area contributed by atoms with Crippen molar-refractivity contribution in [2.24, 2.45) is 0 Å². The molecular formula is C24H24Cl2N2O4S. The highest BCUT2D eigenvalue weighted by Crippen LogP contribution is 2.33. The molecule has 0 bridgehead atoms. The van der Waals surface area contributed by atoms with Gasteiger partial charge < -0.3 is 10.1 Å². The van der Waals surface area contributed by atoms with Crippen molar-refractivity contribution in [2.75, 3.05) is 22.9 Å². The molecule has 6 nitrogen and oxygen atoms in total. The van der Waals surface area contributed by atoms with E-state index in [1.807, 2.05) is 32.0 Å². The van der Waals surface area contributed by atoms with E-state index in [-0.39, 0.29) is 11.6 Å². The fourth-order valence-electron chi connectivity index (χ4n) is 3.10. The number of aryl methyl sites for hydroxylation is 2. The molecule has 9 heteroatoms. The van der Waals surface area contributed by atoms with Crippen molar-refractivity contribution in [1.82, 2.24) is 0 Å². The van der Waals surface area contributed by atoms with Crippen molar-refractivity contribution < 1.29 is 17.9 Å². The van der Waals surface area contributed by atoms with Gasteiger partial charge in [-0.1, -0.05) is 47.0 Å². The first-order chi connectivity index (χ1) is 15.5. The minimum Gasteiger partial charge on any atom is -0.487 e. The maximum atomic E-state index is 12.7. The molecule has 0 saturated carbocycles. The number of carbonyl (C=O) groups excluding carboxylic acids is 1. The Morgan fingerprint density at radius 1 is 1.00 bits per heavy atom. The molecule has 0 unspecified atom stereocenters. The van der Waals surface area contributed by atoms with E-state index in [2.05, 4.69) is 5.32 Å². The summed E-state index contributed by atoms with van der Waals surface area (Å²) in [5.41, 5.74) is 4.26. The van der Waals surface area contributed by atoms with E-state index >= 15 is 0 Å². The van der Waals surface area contributed by atoms with Crippen molar-refractivity contribution >= 4 is 50.5 Å². The van der Waals surface area contributed by atoms with Gasteiger partial charge in [-0.2, -0.15) is 0 Å². The Bertz CT molecular complexity index is 1310. The van der Waals surface area contributed by atoms with Crippen molar-refractivity contribution in [1.29, 1.82) is 0 Å². The van der Waals surface area contributed by atoms with Gasteiger partial charge in [0.05, 0.1) is 22.0 Å². The second-order valence-electron chi connectivity index (χ2n) is 7.71. The van der Waals surface area contributed by atoms with Crippen LogP contribution < -0.4 is 14.4 Å². The quantitative estimate of drug-likeness (QED) is 0.436. The first-order valence-corrected chi connectivity index (χ1v) is 12.6. The third-order valence-electron chi connectivity index (χ3n) is 5.12. The fraction of sp³-hybridized carbons (Fsp3) is 0.208. The van der Waals surface area contributed by atoms with Gasteiger partial charge in [-0.25, -0.2) is 8.42 Å². The van der Waals surface area contributed by atoms with Gasteiger partial charge in [0.2, 0.25) is 10.0 Å². The number of nitrogens with zero attached hydrogens (tertiary/aromatic N) is 1. The van der Waals surface area contributed by atoms with E-state index in [1.165, 1.54) is 13.1 Å². The third kappa shape index (κ3) is 6.19. The van der Waals surface area contributed by atoms with E-state index in [9.17, 15) is 13.2 Å². The molecule has 33 heavy (non-hydrogen) atoms. The van der Waals surface area contributed by atoms with E-state index in [0.29, 0.717) is 27.7 Å². The molecule has 3 aromatic carbocycles. The summed E-state index contributed by atoms with van der Waals surface area (Å²) in [6.45, 7) is 4.21. The number of hydrogen-bond acceptors (Lipinski definition) is 4. The molecule has 0 atom stereocenters. The number of anilines is 2. The zero-order chi connectivity index (χ0) is 24.3. The Labute approximate surface area is 204 Å². The molecule has 3 rings (SSSR count). The van der Waals surface area contributed by atoms with Gasteiger partial charge in [0.15, 0.2) is 0 Å². The monoisotopic (exact) mass is 506 g/mol. The summed E-state index contributed by atoms with van der Waals surface area (Å²) in [5.74, 6) is -0.0750. The largest absolute Gasteiger partial charge is 0.487 e. The molecule has 0 spiro atoms. The van der Waals surface area contributed by atoms with Crippen LogP contribution in [0.5, 0.6) is 5.75 Å². The molecule has 0 aromatic heterocycles. The van der Waals surface area contributed by atoms with E-state index in [4.69, 9.17) is 27.9 Å². The Kier molecular flexibility index (Phi) is 7.57. The zero-order valence-corrected chi connectivity index (χ0v) is 21.0. The maximum Gasteiger partial charge on any atom is 0.255 e. The van der Waals surface area contributed by atoms with Crippen LogP contribution in [0.4, 0.5) is 11.4 Å². The highest BCUT2D eigenvalue weighted by atomic mass is 35.5. The van der Waals surface area contributed by atoms with Crippen molar-refractivity contribution in [3.05, 3.63) is 86.9 Å². The third-order valence-corrected chi connectivity index (χ3v) is 7.05. The second kappa shape index (κ2) is 10.0. The molecule has 1 amide bonds. The van der Waals surface area contributed by atoms with Crippen molar-refractivity contribution in [3.8, 4) is 5.75 Å². The number of benzene rings is 3. The minimum absolute atomic E-state index is 0.238. The van der Waals surface area contributed by atoms with Gasteiger partial charge in [0.1, 0.15) is 12.4 Å². The van der Waals surface area contributed by atoms with Crippen LogP contribution in [0.25, 0.3) is 0 Å². The molecule has 0 radical (unpaired) electrons. The van der Waals surface area contributed by atoms with Gasteiger partial charge in [-0.05, 0) is 55.3 Å². The highest BCUT2D eigenvalue weighted by molar-refractivity contribution is 7.92. The summed E-state index contributed by atoms with van der Waals surface area (Å²) >= 11 is 11.9. The number of halogens is 2. The number of rotatable bonds is 7. The molecule has 0 saturated heterocycles. The molecule has 0 heterocycles. The summed E-state index contributed by atoms with van der Waals surface area (Å²) < 4.78 is 31.5. The Hall–Kier alpha value is -2.74. The van der Waals surface area contributed by atoms with Crippen LogP contribution in [0.3, 0.4) is 0 Å². The summed E-state index contributed by atoms with van der Waals surface area (Å²) in [7, 11) is -2.08. The van der Waals surface area contributed by atoms with Crippen LogP contribution in [-0.2, 0) is 16.6 Å². The standard InChI is InChI=1S/C24H24Cl2N2O4S/c1-15-5-6-16(2)18(11-15)14-32-23-13-19(8-10-22(23)28(3)33(4,30)31)27-24(29)17-7-9-20(25)21(26)12-17/h5-13H,14H2,1-4H3,(H,27,29). The normalized spacial score (nSPS) is 11.2. The number of sulfonamides is 1. The van der Waals surface area contributed by atoms with Gasteiger partial charge in [-0.3, -0.25) is 9.10 Å². The highest BCUT2D eigenvalue weighted by Gasteiger charge is 2.19. The van der Waals surface area contributed by atoms with Crippen LogP contribution in [0, 0.1) is 13.8 Å². The number of amides is 1. The number of ether oxygens (including phenoxy) is 1. The zero-order valence-electron chi connectivity index (χ0n) is 18.6. The van der Waals surface area contributed by atoms with Gasteiger partial charge in [0.25, 0.3) is 5.91 Å². The molecule has 0 aliphatic carbocycles. The van der Waals surface area contributed by atoms with Crippen LogP contribution in [0.2, 0.25) is 10.0 Å². The Morgan fingerprint density at radius 2 is 1.73 bits per heavy atom. The van der Waals surface area contributed by atoms with Crippen LogP contribution in [-0.4, -0.2) is 27.6 Å². The Morgan fingerprint density at radius 3 is 2.39 bits per heavy atom. The molecule has 1 N–H and O–H groups in total. The maximum absolute atomic E-state index is 12.7. The first-order valence-electron chi connectivity index (χ1n) is 9.99. The minimum atomic E-state index is -3.53. The van der Waals surface area contributed by atoms with Gasteiger partial charge in [0, 0.05) is 24.4 Å². The molecule has 174 valence electrons. The first kappa shape index (κ1) is 24.9. The van der Waals surface area contributed by atoms with Crippen molar-refractivity contribution in [2.45, 2.75) is 20.5 Å². The summed E-state index contributed by atoms with van der Waals surface area (Å²) in [6.07, 6.45) is 1.11. The molecular weight excluding hydrogens is 483 g/mol. The lowest BCUT2D eigenvalue weighted by molar-refractivity contribution is 0.102. The second-order valence-corrected chi connectivity index (χ2v) is 10.5. The fourth-order valence-corrected chi connectivity index (χ4v) is 3.90. The number of hydrogen-bond donors (Lipinski definition) is 1. The number of nitrogens with one attached hydrogen (secondary N) is 1. The van der Waals surface area contributed by atoms with E-state index < -0.39 is 15.9 Å². The molecule has 0 aliphatic rings. The Balaban J connectivity index is 1.92. The van der Waals surface area contributed by atoms with Gasteiger partial charge >= 0.3 is 0 Å². The lowest BCUT2D eigenvalue weighted by Crippen LogP contribution is -2.25. The lowest BCUT2D eigenvalue weighted by Gasteiger charge is -2.21. The van der Waals surface area contributed by atoms with Gasteiger partial charge in [-0.15, -0.1) is 0 Å². The molecule has 0 fully saturated rings. The van der Waals surface area contributed by atoms with Crippen molar-refractivity contribution in [3.63, 3.8) is 0 Å².